The van der Waals surface area contributed by atoms with Crippen LogP contribution in [0.4, 0.5) is 0 Å². The zero-order valence-corrected chi connectivity index (χ0v) is 12.5. The number of nitrogens with zero attached hydrogens (tertiary/aromatic N) is 2. The summed E-state index contributed by atoms with van der Waals surface area (Å²) in [5.41, 5.74) is 2.30. The number of para-hydroxylation sites is 1. The number of pyridine rings is 1. The summed E-state index contributed by atoms with van der Waals surface area (Å²) >= 11 is 0. The Morgan fingerprint density at radius 2 is 2.05 bits per heavy atom. The first kappa shape index (κ1) is 13.5. The van der Waals surface area contributed by atoms with Crippen LogP contribution in [-0.4, -0.2) is 41.7 Å². The van der Waals surface area contributed by atoms with Crippen LogP contribution in [0.1, 0.15) is 28.9 Å². The van der Waals surface area contributed by atoms with E-state index in [9.17, 15) is 9.59 Å². The maximum Gasteiger partial charge on any atom is 0.259 e. The highest BCUT2D eigenvalue weighted by atomic mass is 16.5. The van der Waals surface area contributed by atoms with Gasteiger partial charge in [-0.1, -0.05) is 12.1 Å². The Morgan fingerprint density at radius 1 is 1.27 bits per heavy atom. The lowest BCUT2D eigenvalue weighted by Gasteiger charge is -2.27. The van der Waals surface area contributed by atoms with Gasteiger partial charge in [-0.25, -0.2) is 0 Å². The summed E-state index contributed by atoms with van der Waals surface area (Å²) in [6, 6.07) is 6.07. The molecule has 114 valence electrons. The van der Waals surface area contributed by atoms with Crippen molar-refractivity contribution in [3.63, 3.8) is 0 Å². The van der Waals surface area contributed by atoms with Crippen molar-refractivity contribution in [2.75, 3.05) is 26.3 Å². The third kappa shape index (κ3) is 1.89. The number of morpholine rings is 1. The molecule has 0 aliphatic carbocycles. The molecular formula is C17H18N2O3. The van der Waals surface area contributed by atoms with Crippen LogP contribution < -0.4 is 5.43 Å². The first-order valence-electron chi connectivity index (χ1n) is 7.70. The van der Waals surface area contributed by atoms with Crippen LogP contribution in [-0.2, 0) is 11.2 Å². The molecule has 0 saturated carbocycles. The van der Waals surface area contributed by atoms with Crippen molar-refractivity contribution in [1.29, 1.82) is 0 Å². The van der Waals surface area contributed by atoms with Crippen molar-refractivity contribution in [1.82, 2.24) is 9.47 Å². The molecule has 0 radical (unpaired) electrons. The molecule has 2 aromatic rings. The van der Waals surface area contributed by atoms with Crippen LogP contribution in [0.3, 0.4) is 0 Å². The molecule has 1 aromatic carbocycles. The van der Waals surface area contributed by atoms with Gasteiger partial charge in [0.1, 0.15) is 5.56 Å². The Bertz CT molecular complexity index is 818. The van der Waals surface area contributed by atoms with Gasteiger partial charge in [-0.2, -0.15) is 0 Å². The second-order valence-electron chi connectivity index (χ2n) is 6.05. The molecule has 1 fully saturated rings. The van der Waals surface area contributed by atoms with E-state index in [2.05, 4.69) is 17.6 Å². The fourth-order valence-electron chi connectivity index (χ4n) is 3.50. The van der Waals surface area contributed by atoms with Gasteiger partial charge < -0.3 is 14.2 Å². The predicted molar refractivity (Wildman–Crippen MR) is 83.3 cm³/mol. The minimum atomic E-state index is -0.177. The quantitative estimate of drug-likeness (QED) is 0.803. The Balaban J connectivity index is 1.88. The highest BCUT2D eigenvalue weighted by Crippen LogP contribution is 2.31. The molecule has 5 nitrogen and oxygen atoms in total. The maximum atomic E-state index is 12.8. The SMILES string of the molecule is CC1Cc2cccc3c(=O)c(C(=O)N4CCOCC4)cn1c23. The monoisotopic (exact) mass is 298 g/mol. The van der Waals surface area contributed by atoms with Crippen LogP contribution in [0.5, 0.6) is 0 Å². The van der Waals surface area contributed by atoms with Gasteiger partial charge in [0.2, 0.25) is 5.43 Å². The Kier molecular flexibility index (Phi) is 3.04. The molecule has 1 atom stereocenters. The zero-order chi connectivity index (χ0) is 15.3. The average Bonchev–Trinajstić information content (AvgIpc) is 2.87. The molecule has 1 unspecified atom stereocenters. The first-order chi connectivity index (χ1) is 10.7. The summed E-state index contributed by atoms with van der Waals surface area (Å²) in [6.07, 6.45) is 2.66. The Labute approximate surface area is 128 Å². The smallest absolute Gasteiger partial charge is 0.259 e. The number of ether oxygens (including phenoxy) is 1. The van der Waals surface area contributed by atoms with Crippen molar-refractivity contribution in [2.24, 2.45) is 0 Å². The molecule has 1 saturated heterocycles. The molecule has 1 aromatic heterocycles. The number of hydrogen-bond acceptors (Lipinski definition) is 3. The lowest BCUT2D eigenvalue weighted by molar-refractivity contribution is 0.0301. The van der Waals surface area contributed by atoms with Crippen molar-refractivity contribution in [2.45, 2.75) is 19.4 Å². The molecule has 0 N–H and O–H groups in total. The Hall–Kier alpha value is -2.14. The summed E-state index contributed by atoms with van der Waals surface area (Å²) in [5, 5.41) is 0.654. The lowest BCUT2D eigenvalue weighted by atomic mass is 10.1. The van der Waals surface area contributed by atoms with E-state index in [1.54, 1.807) is 11.1 Å². The summed E-state index contributed by atoms with van der Waals surface area (Å²) in [7, 11) is 0. The van der Waals surface area contributed by atoms with E-state index in [1.165, 1.54) is 5.56 Å². The van der Waals surface area contributed by atoms with Gasteiger partial charge in [0, 0.05) is 30.7 Å². The van der Waals surface area contributed by atoms with Gasteiger partial charge in [0.15, 0.2) is 0 Å². The lowest BCUT2D eigenvalue weighted by Crippen LogP contribution is -2.42. The molecule has 2 aliphatic heterocycles. The van der Waals surface area contributed by atoms with E-state index in [0.29, 0.717) is 31.7 Å². The van der Waals surface area contributed by atoms with E-state index in [4.69, 9.17) is 4.74 Å². The predicted octanol–water partition coefficient (Wildman–Crippen LogP) is 1.59. The van der Waals surface area contributed by atoms with Crippen LogP contribution in [0.25, 0.3) is 10.9 Å². The van der Waals surface area contributed by atoms with Crippen LogP contribution in [0, 0.1) is 0 Å². The van der Waals surface area contributed by atoms with Crippen molar-refractivity contribution >= 4 is 16.8 Å². The van der Waals surface area contributed by atoms with Crippen molar-refractivity contribution in [3.05, 3.63) is 45.7 Å². The highest BCUT2D eigenvalue weighted by molar-refractivity contribution is 5.98. The molecular weight excluding hydrogens is 280 g/mol. The van der Waals surface area contributed by atoms with Crippen molar-refractivity contribution in [3.8, 4) is 0 Å². The second-order valence-corrected chi connectivity index (χ2v) is 6.05. The minimum absolute atomic E-state index is 0.154. The number of aromatic nitrogens is 1. The number of rotatable bonds is 1. The van der Waals surface area contributed by atoms with Gasteiger partial charge in [-0.15, -0.1) is 0 Å². The largest absolute Gasteiger partial charge is 0.378 e. The highest BCUT2D eigenvalue weighted by Gasteiger charge is 2.27. The molecule has 4 rings (SSSR count). The summed E-state index contributed by atoms with van der Waals surface area (Å²) < 4.78 is 7.36. The van der Waals surface area contributed by atoms with Gasteiger partial charge in [0.05, 0.1) is 18.7 Å². The molecule has 1 amide bonds. The third-order valence-corrected chi connectivity index (χ3v) is 4.65. The molecule has 5 heteroatoms. The van der Waals surface area contributed by atoms with Gasteiger partial charge in [0.25, 0.3) is 5.91 Å². The van der Waals surface area contributed by atoms with E-state index in [1.807, 2.05) is 12.1 Å². The van der Waals surface area contributed by atoms with Gasteiger partial charge in [-0.05, 0) is 25.0 Å². The Morgan fingerprint density at radius 3 is 2.82 bits per heavy atom. The summed E-state index contributed by atoms with van der Waals surface area (Å²) in [4.78, 5) is 27.2. The normalized spacial score (nSPS) is 20.6. The number of carbonyl (C=O) groups excluding carboxylic acids is 1. The van der Waals surface area contributed by atoms with E-state index >= 15 is 0 Å². The fraction of sp³-hybridized carbons (Fsp3) is 0.412. The first-order valence-corrected chi connectivity index (χ1v) is 7.70. The van der Waals surface area contributed by atoms with Crippen LogP contribution >= 0.6 is 0 Å². The van der Waals surface area contributed by atoms with E-state index < -0.39 is 0 Å². The number of hydrogen-bond donors (Lipinski definition) is 0. The van der Waals surface area contributed by atoms with E-state index in [-0.39, 0.29) is 22.9 Å². The molecule has 3 heterocycles. The van der Waals surface area contributed by atoms with Gasteiger partial charge in [-0.3, -0.25) is 9.59 Å². The van der Waals surface area contributed by atoms with E-state index in [0.717, 1.165) is 11.9 Å². The van der Waals surface area contributed by atoms with Crippen molar-refractivity contribution < 1.29 is 9.53 Å². The maximum absolute atomic E-state index is 12.8. The molecule has 22 heavy (non-hydrogen) atoms. The third-order valence-electron chi connectivity index (χ3n) is 4.65. The number of carbonyl (C=O) groups is 1. The zero-order valence-electron chi connectivity index (χ0n) is 12.5. The molecule has 0 spiro atoms. The second kappa shape index (κ2) is 4.95. The topological polar surface area (TPSA) is 51.5 Å². The fourth-order valence-corrected chi connectivity index (χ4v) is 3.50. The number of benzene rings is 1. The summed E-state index contributed by atoms with van der Waals surface area (Å²) in [6.45, 7) is 4.28. The molecule has 2 aliphatic rings. The van der Waals surface area contributed by atoms with Crippen LogP contribution in [0.2, 0.25) is 0 Å². The average molecular weight is 298 g/mol. The van der Waals surface area contributed by atoms with Gasteiger partial charge >= 0.3 is 0 Å². The minimum Gasteiger partial charge on any atom is -0.378 e. The molecule has 0 bridgehead atoms. The van der Waals surface area contributed by atoms with Crippen LogP contribution in [0.15, 0.2) is 29.2 Å². The summed E-state index contributed by atoms with van der Waals surface area (Å²) in [5.74, 6) is -0.177. The standard InChI is InChI=1S/C17H18N2O3/c1-11-9-12-3-2-4-13-15(12)19(11)10-14(16(13)20)17(21)18-5-7-22-8-6-18/h2-4,10-11H,5-9H2,1H3. The number of amides is 1.